The Morgan fingerprint density at radius 2 is 1.75 bits per heavy atom. The molecule has 17 heteroatoms. The number of hydrogen-bond donors (Lipinski definition) is 4. The van der Waals surface area contributed by atoms with Crippen molar-refractivity contribution in [1.29, 1.82) is 0 Å². The Morgan fingerprint density at radius 3 is 2.38 bits per heavy atom. The van der Waals surface area contributed by atoms with Gasteiger partial charge in [-0.1, -0.05) is 23.2 Å². The second kappa shape index (κ2) is 16.2. The van der Waals surface area contributed by atoms with E-state index in [-0.39, 0.29) is 57.5 Å². The average molecular weight is 712 g/mol. The number of nitrogens with zero attached hydrogens (tertiary/aromatic N) is 4. The predicted octanol–water partition coefficient (Wildman–Crippen LogP) is 3.58. The molecule has 0 radical (unpaired) electrons. The molecule has 48 heavy (non-hydrogen) atoms. The summed E-state index contributed by atoms with van der Waals surface area (Å²) < 4.78 is 33.0. The number of carbonyl (C=O) groups is 4. The first-order valence-electron chi connectivity index (χ1n) is 14.8. The number of ether oxygens (including phenoxy) is 1. The number of carboxylic acid groups (broad SMARTS) is 1. The van der Waals surface area contributed by atoms with Crippen LogP contribution in [0.25, 0.3) is 11.3 Å². The van der Waals surface area contributed by atoms with Crippen molar-refractivity contribution in [1.82, 2.24) is 24.7 Å². The number of aliphatic hydroxyl groups is 1. The van der Waals surface area contributed by atoms with Crippen LogP contribution in [-0.4, -0.2) is 105 Å². The van der Waals surface area contributed by atoms with Gasteiger partial charge in [-0.25, -0.2) is 13.8 Å². The molecule has 3 heterocycles. The molecule has 0 bridgehead atoms. The number of carbonyl (C=O) groups excluding carboxylic acids is 3. The highest BCUT2D eigenvalue weighted by molar-refractivity contribution is 6.34. The van der Waals surface area contributed by atoms with Gasteiger partial charge in [-0.3, -0.25) is 19.2 Å². The van der Waals surface area contributed by atoms with Crippen LogP contribution in [0.2, 0.25) is 10.0 Å². The van der Waals surface area contributed by atoms with Crippen LogP contribution in [-0.2, 0) is 16.6 Å². The minimum atomic E-state index is -1.22. The molecule has 2 aliphatic heterocycles. The summed E-state index contributed by atoms with van der Waals surface area (Å²) in [6.07, 6.45) is 2.47. The van der Waals surface area contributed by atoms with Gasteiger partial charge in [0.15, 0.2) is 17.4 Å². The van der Waals surface area contributed by atoms with Gasteiger partial charge in [-0.2, -0.15) is 0 Å². The van der Waals surface area contributed by atoms with Crippen LogP contribution >= 0.6 is 23.2 Å². The third-order valence-corrected chi connectivity index (χ3v) is 8.80. The number of imidazole rings is 1. The third kappa shape index (κ3) is 8.39. The normalized spacial score (nSPS) is 15.6. The highest BCUT2D eigenvalue weighted by atomic mass is 35.5. The van der Waals surface area contributed by atoms with E-state index in [4.69, 9.17) is 33.1 Å². The fourth-order valence-corrected chi connectivity index (χ4v) is 6.03. The van der Waals surface area contributed by atoms with E-state index in [1.807, 2.05) is 0 Å². The molecule has 4 N–H and O–H groups in total. The highest BCUT2D eigenvalue weighted by Crippen LogP contribution is 2.35. The first-order valence-corrected chi connectivity index (χ1v) is 15.6. The lowest BCUT2D eigenvalue weighted by Crippen LogP contribution is -2.53. The molecule has 2 fully saturated rings. The Balaban J connectivity index is 0.00000167. The zero-order valence-corrected chi connectivity index (χ0v) is 27.4. The van der Waals surface area contributed by atoms with Gasteiger partial charge in [0.05, 0.1) is 39.5 Å². The maximum atomic E-state index is 14.5. The number of benzene rings is 2. The third-order valence-electron chi connectivity index (χ3n) is 8.12. The van der Waals surface area contributed by atoms with Crippen molar-refractivity contribution < 1.29 is 42.9 Å². The standard InChI is InChI=1S/C30H32Cl2F2N6O5.CH2O2/c1-38-22(20-4-5-23(45-17-33)26(34)25(20)32)16-36-27(38)28(42)37-18-2-3-19(21(31)14-18)29(43)40-12-10-39(11-13-40)24(41)15-30(44)6-8-35-9-7-30;2-1-3/h2-5,14,16,35,44H,6-13,15,17H2,1H3,(H,37,42);1H,(H,2,3). The largest absolute Gasteiger partial charge is 0.483 e. The maximum absolute atomic E-state index is 14.5. The molecule has 0 unspecified atom stereocenters. The van der Waals surface area contributed by atoms with Gasteiger partial charge < -0.3 is 40.0 Å². The number of piperidine rings is 1. The number of halogens is 4. The lowest BCUT2D eigenvalue weighted by atomic mass is 9.88. The van der Waals surface area contributed by atoms with Gasteiger partial charge in [0, 0.05) is 44.5 Å². The summed E-state index contributed by atoms with van der Waals surface area (Å²) in [6, 6.07) is 7.16. The van der Waals surface area contributed by atoms with Gasteiger partial charge in [0.2, 0.25) is 12.8 Å². The molecule has 0 aliphatic carbocycles. The maximum Gasteiger partial charge on any atom is 0.291 e. The Bertz CT molecular complexity index is 1660. The van der Waals surface area contributed by atoms with Gasteiger partial charge in [0.1, 0.15) is 0 Å². The van der Waals surface area contributed by atoms with Crippen LogP contribution < -0.4 is 15.4 Å². The van der Waals surface area contributed by atoms with Gasteiger partial charge in [-0.05, 0) is 56.3 Å². The summed E-state index contributed by atoms with van der Waals surface area (Å²) in [4.78, 5) is 54.9. The lowest BCUT2D eigenvalue weighted by molar-refractivity contribution is -0.139. The SMILES string of the molecule is Cn1c(-c2ccc(OCF)c(F)c2Cl)cnc1C(=O)Nc1ccc(C(=O)N2CCN(C(=O)CC3(O)CCNCC3)CC2)c(Cl)c1.O=CO. The summed E-state index contributed by atoms with van der Waals surface area (Å²) in [7, 11) is 1.55. The smallest absolute Gasteiger partial charge is 0.291 e. The first kappa shape index (κ1) is 36.5. The Labute approximate surface area is 284 Å². The van der Waals surface area contributed by atoms with E-state index >= 15 is 0 Å². The molecule has 1 aromatic heterocycles. The molecule has 0 spiro atoms. The van der Waals surface area contributed by atoms with E-state index in [0.717, 1.165) is 0 Å². The van der Waals surface area contributed by atoms with Gasteiger partial charge >= 0.3 is 0 Å². The minimum Gasteiger partial charge on any atom is -0.483 e. The Morgan fingerprint density at radius 1 is 1.10 bits per heavy atom. The molecule has 5 rings (SSSR count). The van der Waals surface area contributed by atoms with E-state index in [0.29, 0.717) is 63.5 Å². The van der Waals surface area contributed by atoms with Crippen LogP contribution in [0.1, 0.15) is 40.2 Å². The average Bonchev–Trinajstić information content (AvgIpc) is 3.44. The number of nitrogens with one attached hydrogen (secondary N) is 2. The van der Waals surface area contributed by atoms with Crippen LogP contribution in [0.4, 0.5) is 14.5 Å². The monoisotopic (exact) mass is 710 g/mol. The van der Waals surface area contributed by atoms with Crippen molar-refractivity contribution in [2.75, 3.05) is 51.4 Å². The van der Waals surface area contributed by atoms with E-state index < -0.39 is 24.2 Å². The molecule has 2 aromatic carbocycles. The first-order chi connectivity index (χ1) is 22.9. The predicted molar refractivity (Wildman–Crippen MR) is 172 cm³/mol. The van der Waals surface area contributed by atoms with Crippen molar-refractivity contribution in [3.8, 4) is 17.0 Å². The van der Waals surface area contributed by atoms with Crippen molar-refractivity contribution in [2.24, 2.45) is 7.05 Å². The number of hydrogen-bond acceptors (Lipinski definition) is 8. The summed E-state index contributed by atoms with van der Waals surface area (Å²) in [5, 5.41) is 23.3. The summed E-state index contributed by atoms with van der Waals surface area (Å²) >= 11 is 12.6. The zero-order valence-electron chi connectivity index (χ0n) is 25.8. The minimum absolute atomic E-state index is 0.0125. The van der Waals surface area contributed by atoms with E-state index in [2.05, 4.69) is 20.4 Å². The van der Waals surface area contributed by atoms with Crippen LogP contribution in [0, 0.1) is 5.82 Å². The molecule has 0 saturated carbocycles. The Kier molecular flexibility index (Phi) is 12.3. The number of piperazine rings is 1. The number of rotatable bonds is 8. The van der Waals surface area contributed by atoms with Crippen molar-refractivity contribution in [3.63, 3.8) is 0 Å². The van der Waals surface area contributed by atoms with E-state index in [1.54, 1.807) is 16.8 Å². The second-order valence-corrected chi connectivity index (χ2v) is 11.9. The molecule has 13 nitrogen and oxygen atoms in total. The van der Waals surface area contributed by atoms with Crippen molar-refractivity contribution in [3.05, 3.63) is 63.8 Å². The van der Waals surface area contributed by atoms with Crippen molar-refractivity contribution in [2.45, 2.75) is 24.9 Å². The highest BCUT2D eigenvalue weighted by Gasteiger charge is 2.35. The van der Waals surface area contributed by atoms with Crippen molar-refractivity contribution >= 4 is 53.1 Å². The second-order valence-electron chi connectivity index (χ2n) is 11.1. The number of alkyl halides is 1. The molecule has 0 atom stereocenters. The fourth-order valence-electron chi connectivity index (χ4n) is 5.52. The molecule has 2 saturated heterocycles. The van der Waals surface area contributed by atoms with Crippen LogP contribution in [0.15, 0.2) is 36.5 Å². The van der Waals surface area contributed by atoms with E-state index in [1.165, 1.54) is 41.1 Å². The molecular weight excluding hydrogens is 677 g/mol. The molecule has 3 amide bonds. The molecular formula is C31H34Cl2F2N6O7. The van der Waals surface area contributed by atoms with Crippen LogP contribution in [0.3, 0.4) is 0 Å². The van der Waals surface area contributed by atoms with E-state index in [9.17, 15) is 28.3 Å². The summed E-state index contributed by atoms with van der Waals surface area (Å²) in [5.41, 5.74) is 0.123. The Hall–Kier alpha value is -4.31. The van der Waals surface area contributed by atoms with Gasteiger partial charge in [-0.15, -0.1) is 0 Å². The topological polar surface area (TPSA) is 166 Å². The summed E-state index contributed by atoms with van der Waals surface area (Å²) in [5.74, 6) is -2.31. The lowest BCUT2D eigenvalue weighted by Gasteiger charge is -2.38. The number of amides is 3. The number of aromatic nitrogens is 2. The summed E-state index contributed by atoms with van der Waals surface area (Å²) in [6.45, 7) is 1.22. The number of anilines is 1. The fraction of sp³-hybridized carbons (Fsp3) is 0.387. The molecule has 258 valence electrons. The zero-order chi connectivity index (χ0) is 35.0. The quantitative estimate of drug-likeness (QED) is 0.256. The van der Waals surface area contributed by atoms with Gasteiger partial charge in [0.25, 0.3) is 18.3 Å². The molecule has 2 aliphatic rings. The van der Waals surface area contributed by atoms with Crippen LogP contribution in [0.5, 0.6) is 5.75 Å². The molecule has 3 aromatic rings.